The van der Waals surface area contributed by atoms with Gasteiger partial charge in [0.2, 0.25) is 0 Å². The summed E-state index contributed by atoms with van der Waals surface area (Å²) in [6, 6.07) is 6.47. The summed E-state index contributed by atoms with van der Waals surface area (Å²) in [5, 5.41) is 3.49. The highest BCUT2D eigenvalue weighted by Gasteiger charge is 2.59. The Morgan fingerprint density at radius 2 is 1.54 bits per heavy atom. The van der Waals surface area contributed by atoms with Crippen LogP contribution in [-0.4, -0.2) is 18.0 Å². The molecule has 2 amide bonds. The molecule has 1 N–H and O–H groups in total. The molecule has 1 unspecified atom stereocenters. The van der Waals surface area contributed by atoms with E-state index in [9.17, 15) is 35.9 Å². The van der Waals surface area contributed by atoms with Gasteiger partial charge in [-0.05, 0) is 41.1 Å². The van der Waals surface area contributed by atoms with Crippen LogP contribution < -0.4 is 9.74 Å². The molecule has 214 valence electrons. The molecule has 1 aromatic heterocycles. The molecule has 1 heterocycles. The number of amides is 2. The third kappa shape index (κ3) is 5.61. The van der Waals surface area contributed by atoms with E-state index in [4.69, 9.17) is 23.4 Å². The molecule has 0 bridgehead atoms. The zero-order chi connectivity index (χ0) is 30.3. The number of thiophene rings is 1. The molecule has 0 saturated carbocycles. The smallest absolute Gasteiger partial charge is 0.319 e. The van der Waals surface area contributed by atoms with E-state index < -0.39 is 85.6 Å². The Bertz CT molecular complexity index is 1630. The number of alkyl halides is 4. The average Bonchev–Trinajstić information content (AvgIpc) is 3.43. The molecule has 3 aromatic carbocycles. The molecular formula is C26H12Cl2F8N2O2S. The van der Waals surface area contributed by atoms with Gasteiger partial charge in [-0.2, -0.15) is 24.5 Å². The summed E-state index contributed by atoms with van der Waals surface area (Å²) < 4.78 is 113. The number of hydrogen-bond acceptors (Lipinski definition) is 3. The maximum Gasteiger partial charge on any atom is 0.431 e. The van der Waals surface area contributed by atoms with Gasteiger partial charge < -0.3 is 5.32 Å². The minimum Gasteiger partial charge on any atom is -0.319 e. The predicted molar refractivity (Wildman–Crippen MR) is 137 cm³/mol. The zero-order valence-corrected chi connectivity index (χ0v) is 22.1. The van der Waals surface area contributed by atoms with Crippen LogP contribution in [-0.2, 0) is 5.67 Å². The second-order valence-electron chi connectivity index (χ2n) is 8.29. The van der Waals surface area contributed by atoms with Crippen molar-refractivity contribution in [1.82, 2.24) is 0 Å². The van der Waals surface area contributed by atoms with Crippen molar-refractivity contribution in [3.63, 3.8) is 0 Å². The fraction of sp³-hybridized carbons (Fsp3) is 0.0769. The number of nitrogens with zero attached hydrogens (tertiary/aromatic N) is 1. The van der Waals surface area contributed by atoms with Gasteiger partial charge in [0, 0.05) is 35.0 Å². The normalized spacial score (nSPS) is 13.0. The molecule has 4 rings (SSSR count). The first-order valence-electron chi connectivity index (χ1n) is 11.0. The van der Waals surface area contributed by atoms with Gasteiger partial charge in [-0.1, -0.05) is 23.7 Å². The lowest BCUT2D eigenvalue weighted by atomic mass is 9.89. The maximum absolute atomic E-state index is 15.5. The van der Waals surface area contributed by atoms with Crippen LogP contribution in [0.1, 0.15) is 31.8 Å². The van der Waals surface area contributed by atoms with E-state index >= 15 is 8.78 Å². The molecule has 0 aliphatic carbocycles. The van der Waals surface area contributed by atoms with Crippen LogP contribution in [0.4, 0.5) is 46.5 Å². The van der Waals surface area contributed by atoms with Gasteiger partial charge in [0.25, 0.3) is 17.5 Å². The van der Waals surface area contributed by atoms with Crippen LogP contribution in [0.2, 0.25) is 5.02 Å². The second-order valence-corrected chi connectivity index (χ2v) is 9.81. The number of halogens is 10. The summed E-state index contributed by atoms with van der Waals surface area (Å²) in [6.45, 7) is 0. The van der Waals surface area contributed by atoms with E-state index in [2.05, 4.69) is 0 Å². The van der Waals surface area contributed by atoms with E-state index in [1.54, 1.807) is 0 Å². The molecule has 41 heavy (non-hydrogen) atoms. The quantitative estimate of drug-likeness (QED) is 0.169. The van der Waals surface area contributed by atoms with Crippen LogP contribution in [0.15, 0.2) is 65.4 Å². The number of carbonyl (C=O) groups is 2. The average molecular weight is 639 g/mol. The molecule has 4 nitrogen and oxygen atoms in total. The fourth-order valence-electron chi connectivity index (χ4n) is 3.79. The summed E-state index contributed by atoms with van der Waals surface area (Å²) in [5.41, 5.74) is -8.74. The highest BCUT2D eigenvalue weighted by Crippen LogP contribution is 2.49. The second kappa shape index (κ2) is 11.3. The first-order valence-corrected chi connectivity index (χ1v) is 12.7. The van der Waals surface area contributed by atoms with Crippen molar-refractivity contribution in [2.24, 2.45) is 0 Å². The highest BCUT2D eigenvalue weighted by molar-refractivity contribution is 7.08. The number of anilines is 2. The number of benzene rings is 3. The first-order chi connectivity index (χ1) is 19.2. The Kier molecular flexibility index (Phi) is 8.35. The summed E-state index contributed by atoms with van der Waals surface area (Å²) >= 11 is 12.9. The van der Waals surface area contributed by atoms with Gasteiger partial charge in [0.1, 0.15) is 23.0 Å². The van der Waals surface area contributed by atoms with Crippen molar-refractivity contribution < 1.29 is 44.7 Å². The molecule has 1 atom stereocenters. The highest BCUT2D eigenvalue weighted by atomic mass is 35.5. The molecule has 0 fully saturated rings. The Morgan fingerprint density at radius 3 is 2.10 bits per heavy atom. The first kappa shape index (κ1) is 30.3. The van der Waals surface area contributed by atoms with E-state index in [1.165, 1.54) is 5.38 Å². The van der Waals surface area contributed by atoms with E-state index in [0.29, 0.717) is 12.1 Å². The van der Waals surface area contributed by atoms with Crippen LogP contribution in [0.3, 0.4) is 0 Å². The minimum absolute atomic E-state index is 0.233. The molecule has 0 radical (unpaired) electrons. The van der Waals surface area contributed by atoms with Crippen molar-refractivity contribution in [3.05, 3.63) is 116 Å². The largest absolute Gasteiger partial charge is 0.431 e. The monoisotopic (exact) mass is 638 g/mol. The fourth-order valence-corrected chi connectivity index (χ4v) is 5.03. The summed E-state index contributed by atoms with van der Waals surface area (Å²) in [7, 11) is 0. The van der Waals surface area contributed by atoms with Gasteiger partial charge in [0.15, 0.2) is 5.82 Å². The lowest BCUT2D eigenvalue weighted by Gasteiger charge is -2.28. The van der Waals surface area contributed by atoms with Crippen molar-refractivity contribution in [3.8, 4) is 0 Å². The van der Waals surface area contributed by atoms with Crippen LogP contribution in [0.5, 0.6) is 0 Å². The molecule has 0 aliphatic rings. The van der Waals surface area contributed by atoms with Gasteiger partial charge in [-0.25, -0.2) is 26.4 Å². The molecule has 4 aromatic rings. The van der Waals surface area contributed by atoms with E-state index in [-0.39, 0.29) is 16.6 Å². The third-order valence-electron chi connectivity index (χ3n) is 5.76. The Morgan fingerprint density at radius 1 is 0.878 bits per heavy atom. The standard InChI is InChI=1S/C26H12Cl2F8N2O2S/c27-16-8-12(25(33,26(34,35)36)13-6-7-41-11-13)4-5-20(16)38(28)24(40)15-2-1-3-19(22(15)32)37-23(39)21-17(30)9-14(29)10-18(21)31/h1-11H,(H,37,39). The van der Waals surface area contributed by atoms with Gasteiger partial charge in [-0.3, -0.25) is 9.59 Å². The van der Waals surface area contributed by atoms with E-state index in [0.717, 1.165) is 47.0 Å². The lowest BCUT2D eigenvalue weighted by Crippen LogP contribution is -2.39. The Labute approximate surface area is 239 Å². The van der Waals surface area contributed by atoms with Crippen molar-refractivity contribution >= 4 is 57.9 Å². The van der Waals surface area contributed by atoms with Crippen LogP contribution >= 0.6 is 34.7 Å². The van der Waals surface area contributed by atoms with Gasteiger partial charge in [-0.15, -0.1) is 0 Å². The molecule has 0 saturated heterocycles. The summed E-state index contributed by atoms with van der Waals surface area (Å²) in [6.07, 6.45) is -5.39. The number of nitrogens with one attached hydrogen (secondary N) is 1. The summed E-state index contributed by atoms with van der Waals surface area (Å²) in [5.74, 6) is -8.68. The van der Waals surface area contributed by atoms with Gasteiger partial charge >= 0.3 is 6.18 Å². The van der Waals surface area contributed by atoms with Crippen molar-refractivity contribution in [2.45, 2.75) is 11.8 Å². The molecule has 0 spiro atoms. The number of carbonyl (C=O) groups excluding carboxylic acids is 2. The number of hydrogen-bond donors (Lipinski definition) is 1. The third-order valence-corrected chi connectivity index (χ3v) is 7.08. The number of rotatable bonds is 6. The van der Waals surface area contributed by atoms with Crippen molar-refractivity contribution in [2.75, 3.05) is 9.74 Å². The minimum atomic E-state index is -5.39. The Balaban J connectivity index is 1.63. The van der Waals surface area contributed by atoms with Crippen LogP contribution in [0, 0.1) is 23.3 Å². The summed E-state index contributed by atoms with van der Waals surface area (Å²) in [4.78, 5) is 25.3. The van der Waals surface area contributed by atoms with E-state index in [1.807, 2.05) is 5.32 Å². The molecule has 15 heteroatoms. The molecular weight excluding hydrogens is 627 g/mol. The van der Waals surface area contributed by atoms with Gasteiger partial charge in [0.05, 0.1) is 22.0 Å². The zero-order valence-electron chi connectivity index (χ0n) is 19.8. The lowest BCUT2D eigenvalue weighted by molar-refractivity contribution is -0.219. The van der Waals surface area contributed by atoms with Crippen molar-refractivity contribution in [1.29, 1.82) is 0 Å². The topological polar surface area (TPSA) is 49.4 Å². The maximum atomic E-state index is 15.5. The Hall–Kier alpha value is -3.68. The SMILES string of the molecule is O=C(Nc1cccc(C(=O)N(Cl)c2ccc(C(F)(c3ccsc3)C(F)(F)F)cc2Cl)c1F)c1c(F)cc(F)cc1F. The van der Waals surface area contributed by atoms with Crippen LogP contribution in [0.25, 0.3) is 0 Å². The molecule has 0 aliphatic heterocycles. The predicted octanol–water partition coefficient (Wildman–Crippen LogP) is 8.79.